The summed E-state index contributed by atoms with van der Waals surface area (Å²) in [6, 6.07) is 4.57. The molecule has 0 unspecified atom stereocenters. The number of nitrogens with one attached hydrogen (secondary N) is 1. The smallest absolute Gasteiger partial charge is 0.321 e. The van der Waals surface area contributed by atoms with Crippen molar-refractivity contribution in [2.45, 2.75) is 0 Å². The maximum atomic E-state index is 13.1. The highest BCUT2D eigenvalue weighted by molar-refractivity contribution is 9.10. The van der Waals surface area contributed by atoms with Gasteiger partial charge in [0, 0.05) is 23.7 Å². The van der Waals surface area contributed by atoms with Crippen LogP contribution in [-0.2, 0) is 4.74 Å². The van der Waals surface area contributed by atoms with Gasteiger partial charge in [-0.1, -0.05) is 21.1 Å². The van der Waals surface area contributed by atoms with E-state index < -0.39 is 0 Å². The monoisotopic (exact) mass is 315 g/mol. The zero-order valence-corrected chi connectivity index (χ0v) is 11.2. The Morgan fingerprint density at radius 2 is 2.33 bits per heavy atom. The molecule has 0 saturated carbocycles. The van der Waals surface area contributed by atoms with Gasteiger partial charge >= 0.3 is 6.01 Å². The summed E-state index contributed by atoms with van der Waals surface area (Å²) in [6.07, 6.45) is 0. The van der Waals surface area contributed by atoms with Crippen LogP contribution in [0.2, 0.25) is 0 Å². The first-order valence-electron chi connectivity index (χ1n) is 5.22. The lowest BCUT2D eigenvalue weighted by molar-refractivity contribution is 0.210. The van der Waals surface area contributed by atoms with Crippen LogP contribution in [0.4, 0.5) is 10.4 Å². The Balaban J connectivity index is 2.16. The molecule has 0 bridgehead atoms. The van der Waals surface area contributed by atoms with Crippen LogP contribution in [-0.4, -0.2) is 30.4 Å². The molecule has 0 aliphatic carbocycles. The van der Waals surface area contributed by atoms with Crippen molar-refractivity contribution in [1.29, 1.82) is 0 Å². The average molecular weight is 316 g/mol. The summed E-state index contributed by atoms with van der Waals surface area (Å²) < 4.78 is 23.7. The van der Waals surface area contributed by atoms with Gasteiger partial charge in [0.1, 0.15) is 5.82 Å². The Labute approximate surface area is 111 Å². The minimum Gasteiger partial charge on any atom is -0.383 e. The molecule has 0 atom stereocenters. The molecule has 0 radical (unpaired) electrons. The maximum absolute atomic E-state index is 13.1. The first kappa shape index (κ1) is 13.0. The van der Waals surface area contributed by atoms with Gasteiger partial charge in [-0.25, -0.2) is 4.39 Å². The molecule has 1 aromatic heterocycles. The zero-order chi connectivity index (χ0) is 13.0. The minimum atomic E-state index is -0.355. The van der Waals surface area contributed by atoms with Crippen molar-refractivity contribution in [2.24, 2.45) is 0 Å². The maximum Gasteiger partial charge on any atom is 0.321 e. The molecule has 2 aromatic rings. The lowest BCUT2D eigenvalue weighted by atomic mass is 10.2. The van der Waals surface area contributed by atoms with Crippen molar-refractivity contribution in [3.63, 3.8) is 0 Å². The Morgan fingerprint density at radius 3 is 3.11 bits per heavy atom. The topological polar surface area (TPSA) is 60.2 Å². The molecule has 1 aromatic carbocycles. The van der Waals surface area contributed by atoms with Gasteiger partial charge < -0.3 is 14.6 Å². The molecule has 0 amide bonds. The normalized spacial score (nSPS) is 10.6. The minimum absolute atomic E-state index is 0.276. The number of benzene rings is 1. The van der Waals surface area contributed by atoms with Gasteiger partial charge in [0.2, 0.25) is 5.82 Å². The summed E-state index contributed by atoms with van der Waals surface area (Å²) in [7, 11) is 1.60. The van der Waals surface area contributed by atoms with E-state index in [0.717, 1.165) is 0 Å². The first-order chi connectivity index (χ1) is 8.70. The molecular formula is C11H11BrFN3O2. The average Bonchev–Trinajstić information content (AvgIpc) is 2.81. The van der Waals surface area contributed by atoms with Crippen LogP contribution < -0.4 is 5.32 Å². The van der Waals surface area contributed by atoms with E-state index >= 15 is 0 Å². The lowest BCUT2D eigenvalue weighted by Crippen LogP contribution is -2.07. The second kappa shape index (κ2) is 5.92. The predicted molar refractivity (Wildman–Crippen MR) is 67.8 cm³/mol. The molecule has 96 valence electrons. The van der Waals surface area contributed by atoms with Crippen molar-refractivity contribution in [1.82, 2.24) is 10.1 Å². The van der Waals surface area contributed by atoms with Crippen LogP contribution in [0.25, 0.3) is 11.4 Å². The van der Waals surface area contributed by atoms with E-state index in [2.05, 4.69) is 31.4 Å². The number of anilines is 1. The highest BCUT2D eigenvalue weighted by Crippen LogP contribution is 2.27. The standard InChI is InChI=1S/C11H11BrFN3O2/c1-17-5-4-14-11-15-10(16-18-11)8-6-7(13)2-3-9(8)12/h2-3,6H,4-5H2,1H3,(H,14,15,16). The summed E-state index contributed by atoms with van der Waals surface area (Å²) in [5.41, 5.74) is 0.540. The van der Waals surface area contributed by atoms with Crippen molar-refractivity contribution in [2.75, 3.05) is 25.6 Å². The molecule has 1 heterocycles. The number of hydrogen-bond acceptors (Lipinski definition) is 5. The number of halogens is 2. The van der Waals surface area contributed by atoms with E-state index in [1.54, 1.807) is 13.2 Å². The number of hydrogen-bond donors (Lipinski definition) is 1. The van der Waals surface area contributed by atoms with Gasteiger partial charge in [-0.15, -0.1) is 0 Å². The lowest BCUT2D eigenvalue weighted by Gasteiger charge is -1.99. The van der Waals surface area contributed by atoms with Gasteiger partial charge in [-0.05, 0) is 18.2 Å². The third kappa shape index (κ3) is 3.05. The van der Waals surface area contributed by atoms with E-state index in [0.29, 0.717) is 29.0 Å². The molecular weight excluding hydrogens is 305 g/mol. The molecule has 0 spiro atoms. The Kier molecular flexibility index (Phi) is 4.27. The summed E-state index contributed by atoms with van der Waals surface area (Å²) in [5.74, 6) is -0.0341. The largest absolute Gasteiger partial charge is 0.383 e. The fourth-order valence-corrected chi connectivity index (χ4v) is 1.76. The summed E-state index contributed by atoms with van der Waals surface area (Å²) >= 11 is 3.31. The second-order valence-corrected chi connectivity index (χ2v) is 4.32. The van der Waals surface area contributed by atoms with Crippen LogP contribution in [0.3, 0.4) is 0 Å². The number of aromatic nitrogens is 2. The molecule has 18 heavy (non-hydrogen) atoms. The highest BCUT2D eigenvalue weighted by atomic mass is 79.9. The Bertz CT molecular complexity index is 533. The van der Waals surface area contributed by atoms with Gasteiger partial charge in [0.05, 0.1) is 6.61 Å². The molecule has 5 nitrogen and oxygen atoms in total. The second-order valence-electron chi connectivity index (χ2n) is 3.47. The van der Waals surface area contributed by atoms with E-state index in [-0.39, 0.29) is 11.8 Å². The van der Waals surface area contributed by atoms with Gasteiger partial charge in [-0.3, -0.25) is 0 Å². The first-order valence-corrected chi connectivity index (χ1v) is 6.02. The number of ether oxygens (including phenoxy) is 1. The Morgan fingerprint density at radius 1 is 1.50 bits per heavy atom. The Hall–Kier alpha value is -1.47. The van der Waals surface area contributed by atoms with Crippen molar-refractivity contribution >= 4 is 21.9 Å². The van der Waals surface area contributed by atoms with Crippen molar-refractivity contribution in [3.05, 3.63) is 28.5 Å². The van der Waals surface area contributed by atoms with Gasteiger partial charge in [0.25, 0.3) is 0 Å². The summed E-state index contributed by atoms with van der Waals surface area (Å²) in [5, 5.41) is 6.68. The van der Waals surface area contributed by atoms with Crippen molar-refractivity contribution < 1.29 is 13.7 Å². The molecule has 0 aliphatic heterocycles. The van der Waals surface area contributed by atoms with Crippen LogP contribution in [0.5, 0.6) is 0 Å². The summed E-state index contributed by atoms with van der Waals surface area (Å²) in [6.45, 7) is 1.09. The molecule has 7 heteroatoms. The molecule has 1 N–H and O–H groups in total. The van der Waals surface area contributed by atoms with Crippen LogP contribution >= 0.6 is 15.9 Å². The zero-order valence-electron chi connectivity index (χ0n) is 9.61. The number of nitrogens with zero attached hydrogens (tertiary/aromatic N) is 2. The quantitative estimate of drug-likeness (QED) is 0.860. The fourth-order valence-electron chi connectivity index (χ4n) is 1.33. The molecule has 2 rings (SSSR count). The van der Waals surface area contributed by atoms with Crippen LogP contribution in [0.1, 0.15) is 0 Å². The van der Waals surface area contributed by atoms with E-state index in [4.69, 9.17) is 9.26 Å². The molecule has 0 fully saturated rings. The third-order valence-corrected chi connectivity index (χ3v) is 2.87. The van der Waals surface area contributed by atoms with Crippen molar-refractivity contribution in [3.8, 4) is 11.4 Å². The van der Waals surface area contributed by atoms with Crippen LogP contribution in [0.15, 0.2) is 27.2 Å². The SMILES string of the molecule is COCCNc1nc(-c2cc(F)ccc2Br)no1. The summed E-state index contributed by atoms with van der Waals surface area (Å²) in [4.78, 5) is 4.11. The number of methoxy groups -OCH3 is 1. The van der Waals surface area contributed by atoms with Gasteiger partial charge in [-0.2, -0.15) is 4.98 Å². The molecule has 0 aliphatic rings. The predicted octanol–water partition coefficient (Wildman–Crippen LogP) is 2.70. The molecule has 0 saturated heterocycles. The van der Waals surface area contributed by atoms with Crippen LogP contribution in [0, 0.1) is 5.82 Å². The third-order valence-electron chi connectivity index (χ3n) is 2.18. The highest BCUT2D eigenvalue weighted by Gasteiger charge is 2.12. The van der Waals surface area contributed by atoms with E-state index in [1.165, 1.54) is 12.1 Å². The van der Waals surface area contributed by atoms with Gasteiger partial charge in [0.15, 0.2) is 0 Å². The van der Waals surface area contributed by atoms with E-state index in [1.807, 2.05) is 0 Å². The number of rotatable bonds is 5. The fraction of sp³-hybridized carbons (Fsp3) is 0.273. The van der Waals surface area contributed by atoms with E-state index in [9.17, 15) is 4.39 Å².